The molecule has 0 heterocycles. The van der Waals surface area contributed by atoms with E-state index in [2.05, 4.69) is 31.7 Å². The van der Waals surface area contributed by atoms with Gasteiger partial charge in [0.2, 0.25) is 0 Å². The second-order valence-electron chi connectivity index (χ2n) is 3.19. The number of nitriles is 1. The highest BCUT2D eigenvalue weighted by molar-refractivity contribution is 4.91. The predicted molar refractivity (Wildman–Crippen MR) is 47.2 cm³/mol. The maximum absolute atomic E-state index is 8.78. The highest BCUT2D eigenvalue weighted by Crippen LogP contribution is 2.06. The Kier molecular flexibility index (Phi) is 4.89. The van der Waals surface area contributed by atoms with Gasteiger partial charge < -0.3 is 0 Å². The van der Waals surface area contributed by atoms with Crippen LogP contribution in [0.2, 0.25) is 0 Å². The van der Waals surface area contributed by atoms with Crippen LogP contribution in [-0.4, -0.2) is 24.0 Å². The summed E-state index contributed by atoms with van der Waals surface area (Å²) >= 11 is 0. The molecule has 0 N–H and O–H groups in total. The molecule has 2 heteroatoms. The summed E-state index contributed by atoms with van der Waals surface area (Å²) in [6.07, 6.45) is 2.06. The fraction of sp³-hybridized carbons (Fsp3) is 0.889. The second-order valence-corrected chi connectivity index (χ2v) is 3.19. The van der Waals surface area contributed by atoms with Gasteiger partial charge in [-0.2, -0.15) is 5.26 Å². The zero-order valence-electron chi connectivity index (χ0n) is 7.96. The number of nitrogens with zero attached hydrogens (tertiary/aromatic N) is 2. The van der Waals surface area contributed by atoms with Crippen LogP contribution in [0.15, 0.2) is 0 Å². The lowest BCUT2D eigenvalue weighted by atomic mass is 10.1. The average Bonchev–Trinajstić information content (AvgIpc) is 1.98. The minimum atomic E-state index is 0.0972. The Labute approximate surface area is 69.8 Å². The van der Waals surface area contributed by atoms with Crippen molar-refractivity contribution in [3.8, 4) is 6.07 Å². The molecule has 0 fully saturated rings. The SMILES string of the molecule is CCCC(C#N)N(C)C(C)C. The molecule has 1 unspecified atom stereocenters. The van der Waals surface area contributed by atoms with Crippen LogP contribution < -0.4 is 0 Å². The van der Waals surface area contributed by atoms with E-state index in [0.29, 0.717) is 6.04 Å². The quantitative estimate of drug-likeness (QED) is 0.619. The Morgan fingerprint density at radius 1 is 1.45 bits per heavy atom. The average molecular weight is 154 g/mol. The van der Waals surface area contributed by atoms with Crippen molar-refractivity contribution in [2.75, 3.05) is 7.05 Å². The fourth-order valence-corrected chi connectivity index (χ4v) is 0.993. The van der Waals surface area contributed by atoms with E-state index in [-0.39, 0.29) is 6.04 Å². The summed E-state index contributed by atoms with van der Waals surface area (Å²) in [6.45, 7) is 6.33. The van der Waals surface area contributed by atoms with Gasteiger partial charge in [0.15, 0.2) is 0 Å². The van der Waals surface area contributed by atoms with Crippen LogP contribution in [0.4, 0.5) is 0 Å². The van der Waals surface area contributed by atoms with Gasteiger partial charge >= 0.3 is 0 Å². The van der Waals surface area contributed by atoms with E-state index < -0.39 is 0 Å². The van der Waals surface area contributed by atoms with Crippen molar-refractivity contribution >= 4 is 0 Å². The van der Waals surface area contributed by atoms with E-state index in [1.54, 1.807) is 0 Å². The van der Waals surface area contributed by atoms with Crippen molar-refractivity contribution in [1.82, 2.24) is 4.90 Å². The summed E-state index contributed by atoms with van der Waals surface area (Å²) < 4.78 is 0. The molecule has 0 aliphatic heterocycles. The van der Waals surface area contributed by atoms with E-state index in [4.69, 9.17) is 5.26 Å². The molecule has 11 heavy (non-hydrogen) atoms. The first-order chi connectivity index (χ1) is 5.13. The topological polar surface area (TPSA) is 27.0 Å². The summed E-state index contributed by atoms with van der Waals surface area (Å²) in [5, 5.41) is 8.78. The van der Waals surface area contributed by atoms with Crippen molar-refractivity contribution in [3.63, 3.8) is 0 Å². The van der Waals surface area contributed by atoms with Gasteiger partial charge in [-0.1, -0.05) is 13.3 Å². The van der Waals surface area contributed by atoms with E-state index >= 15 is 0 Å². The smallest absolute Gasteiger partial charge is 0.0977 e. The lowest BCUT2D eigenvalue weighted by Gasteiger charge is -2.25. The molecular weight excluding hydrogens is 136 g/mol. The Morgan fingerprint density at radius 2 is 2.00 bits per heavy atom. The summed E-state index contributed by atoms with van der Waals surface area (Å²) in [7, 11) is 2.01. The third kappa shape index (κ3) is 3.38. The maximum atomic E-state index is 8.78. The molecule has 0 rings (SSSR count). The molecule has 0 aromatic rings. The molecule has 0 saturated heterocycles. The molecule has 0 radical (unpaired) electrons. The standard InChI is InChI=1S/C9H18N2/c1-5-6-9(7-10)11(4)8(2)3/h8-9H,5-6H2,1-4H3. The lowest BCUT2D eigenvalue weighted by molar-refractivity contribution is 0.223. The van der Waals surface area contributed by atoms with Crippen LogP contribution in [-0.2, 0) is 0 Å². The molecular formula is C9H18N2. The van der Waals surface area contributed by atoms with Crippen LogP contribution in [0.25, 0.3) is 0 Å². The second kappa shape index (κ2) is 5.15. The summed E-state index contributed by atoms with van der Waals surface area (Å²) in [5.74, 6) is 0. The highest BCUT2D eigenvalue weighted by Gasteiger charge is 2.14. The van der Waals surface area contributed by atoms with Crippen LogP contribution >= 0.6 is 0 Å². The molecule has 1 atom stereocenters. The maximum Gasteiger partial charge on any atom is 0.0977 e. The first-order valence-electron chi connectivity index (χ1n) is 4.25. The zero-order chi connectivity index (χ0) is 8.85. The van der Waals surface area contributed by atoms with E-state index in [1.807, 2.05) is 7.05 Å². The Hall–Kier alpha value is -0.550. The predicted octanol–water partition coefficient (Wildman–Crippen LogP) is 2.02. The number of hydrogen-bond donors (Lipinski definition) is 0. The lowest BCUT2D eigenvalue weighted by Crippen LogP contribution is -2.35. The highest BCUT2D eigenvalue weighted by atomic mass is 15.1. The van der Waals surface area contributed by atoms with Gasteiger partial charge in [-0.25, -0.2) is 0 Å². The molecule has 0 bridgehead atoms. The van der Waals surface area contributed by atoms with Crippen molar-refractivity contribution in [2.24, 2.45) is 0 Å². The Morgan fingerprint density at radius 3 is 2.27 bits per heavy atom. The largest absolute Gasteiger partial charge is 0.289 e. The van der Waals surface area contributed by atoms with Crippen molar-refractivity contribution < 1.29 is 0 Å². The summed E-state index contributed by atoms with van der Waals surface area (Å²) in [5.41, 5.74) is 0. The minimum absolute atomic E-state index is 0.0972. The molecule has 0 saturated carbocycles. The van der Waals surface area contributed by atoms with Crippen LogP contribution in [0, 0.1) is 11.3 Å². The minimum Gasteiger partial charge on any atom is -0.289 e. The van der Waals surface area contributed by atoms with Crippen LogP contribution in [0.3, 0.4) is 0 Å². The number of hydrogen-bond acceptors (Lipinski definition) is 2. The molecule has 0 spiro atoms. The third-order valence-corrected chi connectivity index (χ3v) is 2.02. The van der Waals surface area contributed by atoms with Crippen LogP contribution in [0.5, 0.6) is 0 Å². The Balaban J connectivity index is 3.94. The monoisotopic (exact) mass is 154 g/mol. The summed E-state index contributed by atoms with van der Waals surface area (Å²) in [4.78, 5) is 2.11. The fourth-order valence-electron chi connectivity index (χ4n) is 0.993. The van der Waals surface area contributed by atoms with Gasteiger partial charge in [-0.3, -0.25) is 4.90 Å². The first kappa shape index (κ1) is 10.4. The molecule has 0 aromatic heterocycles. The Bertz CT molecular complexity index is 135. The van der Waals surface area contributed by atoms with Gasteiger partial charge in [0, 0.05) is 6.04 Å². The summed E-state index contributed by atoms with van der Waals surface area (Å²) in [6, 6.07) is 2.87. The van der Waals surface area contributed by atoms with Gasteiger partial charge in [-0.05, 0) is 27.3 Å². The normalized spacial score (nSPS) is 13.5. The first-order valence-corrected chi connectivity index (χ1v) is 4.25. The van der Waals surface area contributed by atoms with Crippen molar-refractivity contribution in [2.45, 2.75) is 45.7 Å². The zero-order valence-corrected chi connectivity index (χ0v) is 7.96. The van der Waals surface area contributed by atoms with Crippen molar-refractivity contribution in [3.05, 3.63) is 0 Å². The molecule has 0 aliphatic rings. The van der Waals surface area contributed by atoms with E-state index in [9.17, 15) is 0 Å². The number of rotatable bonds is 4. The van der Waals surface area contributed by atoms with Gasteiger partial charge in [0.1, 0.15) is 0 Å². The molecule has 0 aliphatic carbocycles. The molecule has 2 nitrogen and oxygen atoms in total. The van der Waals surface area contributed by atoms with E-state index in [0.717, 1.165) is 12.8 Å². The van der Waals surface area contributed by atoms with Crippen molar-refractivity contribution in [1.29, 1.82) is 5.26 Å². The molecule has 64 valence electrons. The van der Waals surface area contributed by atoms with Crippen LogP contribution in [0.1, 0.15) is 33.6 Å². The molecule has 0 aromatic carbocycles. The van der Waals surface area contributed by atoms with E-state index in [1.165, 1.54) is 0 Å². The third-order valence-electron chi connectivity index (χ3n) is 2.02. The van der Waals surface area contributed by atoms with Gasteiger partial charge in [0.25, 0.3) is 0 Å². The van der Waals surface area contributed by atoms with Gasteiger partial charge in [0.05, 0.1) is 12.1 Å². The van der Waals surface area contributed by atoms with Gasteiger partial charge in [-0.15, -0.1) is 0 Å². The molecule has 0 amide bonds.